The summed E-state index contributed by atoms with van der Waals surface area (Å²) in [6.45, 7) is 0.0849. The molecule has 0 unspecified atom stereocenters. The van der Waals surface area contributed by atoms with E-state index in [-0.39, 0.29) is 23.9 Å². The number of thiazole rings is 1. The largest absolute Gasteiger partial charge is 0.482 e. The first-order valence-electron chi connectivity index (χ1n) is 7.67. The highest BCUT2D eigenvalue weighted by molar-refractivity contribution is 7.14. The molecule has 138 valence electrons. The lowest BCUT2D eigenvalue weighted by atomic mass is 10.2. The third-order valence-electron chi connectivity index (χ3n) is 3.38. The maximum absolute atomic E-state index is 12.9. The molecule has 2 aromatic carbocycles. The Morgan fingerprint density at radius 2 is 2.11 bits per heavy atom. The number of nitro benzene ring substituents is 1. The Hall–Kier alpha value is -3.53. The van der Waals surface area contributed by atoms with Gasteiger partial charge in [-0.3, -0.25) is 15.5 Å². The van der Waals surface area contributed by atoms with Gasteiger partial charge in [0.05, 0.1) is 11.1 Å². The highest BCUT2D eigenvalue weighted by Gasteiger charge is 2.16. The number of anilines is 2. The van der Waals surface area contributed by atoms with E-state index >= 15 is 0 Å². The Bertz CT molecular complexity index is 975. The van der Waals surface area contributed by atoms with E-state index in [0.29, 0.717) is 22.1 Å². The summed E-state index contributed by atoms with van der Waals surface area (Å²) >= 11 is 1.29. The predicted molar refractivity (Wildman–Crippen MR) is 102 cm³/mol. The third kappa shape index (κ3) is 4.98. The smallest absolute Gasteiger partial charge is 0.311 e. The number of rotatable bonds is 7. The van der Waals surface area contributed by atoms with Crippen LogP contribution in [0.5, 0.6) is 5.75 Å². The number of aromatic nitrogens is 1. The van der Waals surface area contributed by atoms with Crippen LogP contribution in [0.25, 0.3) is 0 Å². The lowest BCUT2D eigenvalue weighted by Crippen LogP contribution is -2.00. The first kappa shape index (κ1) is 18.3. The molecule has 0 aliphatic carbocycles. The van der Waals surface area contributed by atoms with Gasteiger partial charge in [-0.05, 0) is 29.8 Å². The Kier molecular flexibility index (Phi) is 5.57. The van der Waals surface area contributed by atoms with Crippen LogP contribution < -0.4 is 15.9 Å². The number of nitrogens with zero attached hydrogens (tertiary/aromatic N) is 3. The molecule has 0 spiro atoms. The van der Waals surface area contributed by atoms with Crippen LogP contribution >= 0.6 is 11.3 Å². The number of nitrogen functional groups attached to an aromatic ring is 1. The van der Waals surface area contributed by atoms with E-state index in [2.05, 4.69) is 15.5 Å². The molecular formula is C17H14FN5O3S. The van der Waals surface area contributed by atoms with Crippen LogP contribution in [0, 0.1) is 15.9 Å². The van der Waals surface area contributed by atoms with Gasteiger partial charge in [-0.2, -0.15) is 5.10 Å². The number of nitro groups is 1. The molecule has 27 heavy (non-hydrogen) atoms. The Morgan fingerprint density at radius 1 is 1.33 bits per heavy atom. The van der Waals surface area contributed by atoms with Gasteiger partial charge < -0.3 is 10.5 Å². The molecule has 0 radical (unpaired) electrons. The van der Waals surface area contributed by atoms with Crippen LogP contribution in [0.15, 0.2) is 52.9 Å². The number of ether oxygens (including phenoxy) is 1. The average molecular weight is 387 g/mol. The molecule has 0 amide bonds. The summed E-state index contributed by atoms with van der Waals surface area (Å²) in [5.74, 6) is 0.139. The summed E-state index contributed by atoms with van der Waals surface area (Å²) in [5, 5.41) is 17.5. The fraction of sp³-hybridized carbons (Fsp3) is 0.0588. The zero-order valence-corrected chi connectivity index (χ0v) is 14.6. The Labute approximate surface area is 157 Å². The fourth-order valence-corrected chi connectivity index (χ4v) is 2.67. The molecular weight excluding hydrogens is 373 g/mol. The lowest BCUT2D eigenvalue weighted by molar-refractivity contribution is -0.385. The maximum atomic E-state index is 12.9. The van der Waals surface area contributed by atoms with E-state index in [0.717, 1.165) is 0 Å². The van der Waals surface area contributed by atoms with Gasteiger partial charge in [-0.25, -0.2) is 9.37 Å². The summed E-state index contributed by atoms with van der Waals surface area (Å²) < 4.78 is 18.4. The second kappa shape index (κ2) is 8.23. The van der Waals surface area contributed by atoms with Crippen LogP contribution in [0.3, 0.4) is 0 Å². The highest BCUT2D eigenvalue weighted by Crippen LogP contribution is 2.28. The summed E-state index contributed by atoms with van der Waals surface area (Å²) in [7, 11) is 0. The van der Waals surface area contributed by atoms with Crippen molar-refractivity contribution in [2.45, 2.75) is 6.61 Å². The van der Waals surface area contributed by atoms with E-state index in [1.54, 1.807) is 23.6 Å². The van der Waals surface area contributed by atoms with Crippen molar-refractivity contribution in [3.63, 3.8) is 0 Å². The van der Waals surface area contributed by atoms with Gasteiger partial charge in [0.1, 0.15) is 18.2 Å². The fourth-order valence-electron chi connectivity index (χ4n) is 2.12. The minimum atomic E-state index is -0.535. The van der Waals surface area contributed by atoms with Gasteiger partial charge in [0.2, 0.25) is 5.13 Å². The zero-order chi connectivity index (χ0) is 19.2. The van der Waals surface area contributed by atoms with E-state index in [4.69, 9.17) is 10.5 Å². The van der Waals surface area contributed by atoms with Gasteiger partial charge in [-0.15, -0.1) is 11.3 Å². The number of hydrogen-bond acceptors (Lipinski definition) is 8. The van der Waals surface area contributed by atoms with Gasteiger partial charge in [0.15, 0.2) is 5.75 Å². The van der Waals surface area contributed by atoms with Gasteiger partial charge in [0.25, 0.3) is 0 Å². The van der Waals surface area contributed by atoms with Crippen molar-refractivity contribution in [2.24, 2.45) is 5.10 Å². The van der Waals surface area contributed by atoms with Crippen molar-refractivity contribution in [2.75, 3.05) is 11.2 Å². The van der Waals surface area contributed by atoms with E-state index in [9.17, 15) is 14.5 Å². The number of hydrogen-bond donors (Lipinski definition) is 2. The molecule has 1 aromatic heterocycles. The SMILES string of the molecule is Nc1csc(NN=Cc2ccc(OCc3ccc(F)cc3)c([N+](=O)[O-])c2)n1. The first-order chi connectivity index (χ1) is 13.0. The lowest BCUT2D eigenvalue weighted by Gasteiger charge is -2.07. The van der Waals surface area contributed by atoms with E-state index in [1.165, 1.54) is 41.8 Å². The maximum Gasteiger partial charge on any atom is 0.311 e. The van der Waals surface area contributed by atoms with E-state index < -0.39 is 4.92 Å². The number of benzene rings is 2. The molecule has 3 N–H and O–H groups in total. The molecule has 3 aromatic rings. The van der Waals surface area contributed by atoms with Crippen LogP contribution in [-0.4, -0.2) is 16.1 Å². The number of nitrogens with two attached hydrogens (primary N) is 1. The Morgan fingerprint density at radius 3 is 2.78 bits per heavy atom. The van der Waals surface area contributed by atoms with Crippen molar-refractivity contribution in [3.05, 3.63) is 74.9 Å². The second-order valence-corrected chi connectivity index (χ2v) is 6.21. The molecule has 0 fully saturated rings. The molecule has 0 atom stereocenters. The summed E-state index contributed by atoms with van der Waals surface area (Å²) in [4.78, 5) is 14.8. The number of hydrazone groups is 1. The van der Waals surface area contributed by atoms with Gasteiger partial charge in [0, 0.05) is 17.0 Å². The second-order valence-electron chi connectivity index (χ2n) is 5.35. The molecule has 0 saturated heterocycles. The zero-order valence-electron chi connectivity index (χ0n) is 13.8. The monoisotopic (exact) mass is 387 g/mol. The Balaban J connectivity index is 1.70. The standard InChI is InChI=1S/C17H14FN5O3S/c18-13-4-1-11(2-5-13)9-26-15-6-3-12(7-14(15)23(24)25)8-20-22-17-21-16(19)10-27-17/h1-8,10H,9,19H2,(H,21,22). The normalized spacial score (nSPS) is 10.9. The summed E-state index contributed by atoms with van der Waals surface area (Å²) in [6, 6.07) is 10.2. The van der Waals surface area contributed by atoms with Crippen LogP contribution in [0.1, 0.15) is 11.1 Å². The number of nitrogens with one attached hydrogen (secondary N) is 1. The molecule has 0 bridgehead atoms. The molecule has 10 heteroatoms. The average Bonchev–Trinajstić information content (AvgIpc) is 3.07. The van der Waals surface area contributed by atoms with Crippen molar-refractivity contribution in [1.29, 1.82) is 0 Å². The summed E-state index contributed by atoms with van der Waals surface area (Å²) in [6.07, 6.45) is 1.42. The first-order valence-corrected chi connectivity index (χ1v) is 8.55. The number of halogens is 1. The van der Waals surface area contributed by atoms with Gasteiger partial charge >= 0.3 is 5.69 Å². The minimum absolute atomic E-state index is 0.0849. The molecule has 8 nitrogen and oxygen atoms in total. The highest BCUT2D eigenvalue weighted by atomic mass is 32.1. The predicted octanol–water partition coefficient (Wildman–Crippen LogP) is 3.80. The van der Waals surface area contributed by atoms with Crippen LogP contribution in [0.2, 0.25) is 0 Å². The van der Waals surface area contributed by atoms with Crippen molar-refractivity contribution >= 4 is 34.2 Å². The van der Waals surface area contributed by atoms with Crippen molar-refractivity contribution < 1.29 is 14.1 Å². The van der Waals surface area contributed by atoms with E-state index in [1.807, 2.05) is 0 Å². The van der Waals surface area contributed by atoms with Crippen LogP contribution in [-0.2, 0) is 6.61 Å². The van der Waals surface area contributed by atoms with Crippen LogP contribution in [0.4, 0.5) is 21.0 Å². The third-order valence-corrected chi connectivity index (χ3v) is 4.15. The molecule has 0 aliphatic heterocycles. The molecule has 3 rings (SSSR count). The molecule has 1 heterocycles. The summed E-state index contributed by atoms with van der Waals surface area (Å²) in [5.41, 5.74) is 9.21. The van der Waals surface area contributed by atoms with Gasteiger partial charge in [-0.1, -0.05) is 12.1 Å². The molecule has 0 saturated carbocycles. The quantitative estimate of drug-likeness (QED) is 0.362. The topological polar surface area (TPSA) is 116 Å². The van der Waals surface area contributed by atoms with Crippen molar-refractivity contribution in [3.8, 4) is 5.75 Å². The molecule has 0 aliphatic rings. The minimum Gasteiger partial charge on any atom is -0.482 e. The van der Waals surface area contributed by atoms with Crippen molar-refractivity contribution in [1.82, 2.24) is 4.98 Å².